The molecule has 0 amide bonds. The third kappa shape index (κ3) is 5.63. The van der Waals surface area contributed by atoms with E-state index in [2.05, 4.69) is 18.7 Å². The molecule has 0 bridgehead atoms. The minimum Gasteiger partial charge on any atom is -0.497 e. The van der Waals surface area contributed by atoms with E-state index in [4.69, 9.17) is 18.9 Å². The van der Waals surface area contributed by atoms with E-state index in [1.807, 2.05) is 18.2 Å². The fourth-order valence-electron chi connectivity index (χ4n) is 3.08. The second-order valence-electron chi connectivity index (χ2n) is 6.32. The number of ether oxygens (including phenoxy) is 4. The van der Waals surface area contributed by atoms with Crippen LogP contribution in [-0.4, -0.2) is 68.8 Å². The minimum atomic E-state index is -0.529. The van der Waals surface area contributed by atoms with Crippen LogP contribution in [0.4, 0.5) is 0 Å². The zero-order valence-corrected chi connectivity index (χ0v) is 15.0. The molecule has 6 nitrogen and oxygen atoms in total. The highest BCUT2D eigenvalue weighted by molar-refractivity contribution is 5.39. The molecule has 24 heavy (non-hydrogen) atoms. The molecule has 0 spiro atoms. The largest absolute Gasteiger partial charge is 0.497 e. The van der Waals surface area contributed by atoms with Gasteiger partial charge in [0.2, 0.25) is 0 Å². The summed E-state index contributed by atoms with van der Waals surface area (Å²) in [6, 6.07) is 5.58. The fraction of sp³-hybridized carbons (Fsp3) is 0.667. The van der Waals surface area contributed by atoms with Gasteiger partial charge < -0.3 is 24.1 Å². The van der Waals surface area contributed by atoms with Crippen molar-refractivity contribution in [1.82, 2.24) is 4.90 Å². The van der Waals surface area contributed by atoms with Gasteiger partial charge >= 0.3 is 0 Å². The molecule has 1 aliphatic rings. The monoisotopic (exact) mass is 339 g/mol. The lowest BCUT2D eigenvalue weighted by Crippen LogP contribution is -2.48. The summed E-state index contributed by atoms with van der Waals surface area (Å²) in [6.45, 7) is 7.03. The molecule has 0 radical (unpaired) electrons. The number of aliphatic hydroxyl groups excluding tert-OH is 1. The summed E-state index contributed by atoms with van der Waals surface area (Å²) in [5.74, 6) is 1.51. The molecule has 136 valence electrons. The molecule has 1 fully saturated rings. The van der Waals surface area contributed by atoms with Crippen molar-refractivity contribution in [2.24, 2.45) is 0 Å². The average Bonchev–Trinajstić information content (AvgIpc) is 2.53. The van der Waals surface area contributed by atoms with Gasteiger partial charge in [-0.3, -0.25) is 4.90 Å². The van der Waals surface area contributed by atoms with Crippen LogP contribution in [-0.2, 0) is 16.1 Å². The van der Waals surface area contributed by atoms with Crippen LogP contribution in [0.1, 0.15) is 19.4 Å². The number of β-amino-alcohol motifs (C(OH)–C–C–N with tert-alkyl or cyclic N) is 1. The molecule has 1 aromatic rings. The molecule has 3 atom stereocenters. The first-order valence-corrected chi connectivity index (χ1v) is 8.36. The van der Waals surface area contributed by atoms with E-state index < -0.39 is 6.10 Å². The molecule has 0 unspecified atom stereocenters. The molecule has 0 aliphatic carbocycles. The lowest BCUT2D eigenvalue weighted by Gasteiger charge is -2.36. The molecule has 2 rings (SSSR count). The van der Waals surface area contributed by atoms with Crippen molar-refractivity contribution < 1.29 is 24.1 Å². The number of rotatable bonds is 8. The Bertz CT molecular complexity index is 500. The van der Waals surface area contributed by atoms with Crippen molar-refractivity contribution in [2.75, 3.05) is 40.5 Å². The van der Waals surface area contributed by atoms with E-state index in [1.54, 1.807) is 14.2 Å². The molecule has 6 heteroatoms. The van der Waals surface area contributed by atoms with Crippen LogP contribution in [0.25, 0.3) is 0 Å². The normalized spacial score (nSPS) is 23.0. The summed E-state index contributed by atoms with van der Waals surface area (Å²) in [6.07, 6.45) is -0.134. The molecule has 1 saturated heterocycles. The SMILES string of the molecule is COc1ccc(OC)c(COC[C@H](O)CN2C[C@@H](C)O[C@@H](C)C2)c1. The van der Waals surface area contributed by atoms with Gasteiger partial charge in [0.1, 0.15) is 11.5 Å². The van der Waals surface area contributed by atoms with E-state index in [9.17, 15) is 5.11 Å². The van der Waals surface area contributed by atoms with E-state index in [1.165, 1.54) is 0 Å². The Kier molecular flexibility index (Phi) is 7.30. The van der Waals surface area contributed by atoms with Crippen molar-refractivity contribution in [3.05, 3.63) is 23.8 Å². The smallest absolute Gasteiger partial charge is 0.124 e. The number of morpholine rings is 1. The van der Waals surface area contributed by atoms with Gasteiger partial charge in [-0.2, -0.15) is 0 Å². The van der Waals surface area contributed by atoms with E-state index in [0.717, 1.165) is 30.2 Å². The topological polar surface area (TPSA) is 60.4 Å². The van der Waals surface area contributed by atoms with Crippen molar-refractivity contribution in [3.8, 4) is 11.5 Å². The third-order valence-corrected chi connectivity index (χ3v) is 4.02. The summed E-state index contributed by atoms with van der Waals surface area (Å²) in [7, 11) is 3.25. The summed E-state index contributed by atoms with van der Waals surface area (Å²) < 4.78 is 21.9. The Balaban J connectivity index is 1.79. The number of hydrogen-bond acceptors (Lipinski definition) is 6. The molecular weight excluding hydrogens is 310 g/mol. The van der Waals surface area contributed by atoms with E-state index in [-0.39, 0.29) is 18.8 Å². The minimum absolute atomic E-state index is 0.197. The van der Waals surface area contributed by atoms with E-state index >= 15 is 0 Å². The van der Waals surface area contributed by atoms with Crippen LogP contribution < -0.4 is 9.47 Å². The summed E-state index contributed by atoms with van der Waals surface area (Å²) in [5, 5.41) is 10.2. The third-order valence-electron chi connectivity index (χ3n) is 4.02. The molecule has 1 heterocycles. The van der Waals surface area contributed by atoms with Gasteiger partial charge in [-0.1, -0.05) is 0 Å². The second kappa shape index (κ2) is 9.22. The van der Waals surface area contributed by atoms with Crippen molar-refractivity contribution in [1.29, 1.82) is 0 Å². The van der Waals surface area contributed by atoms with Gasteiger partial charge in [0.15, 0.2) is 0 Å². The van der Waals surface area contributed by atoms with Gasteiger partial charge in [0.25, 0.3) is 0 Å². The van der Waals surface area contributed by atoms with Crippen LogP contribution in [0.15, 0.2) is 18.2 Å². The second-order valence-corrected chi connectivity index (χ2v) is 6.32. The number of benzene rings is 1. The predicted octanol–water partition coefficient (Wildman–Crippen LogP) is 1.69. The molecule has 1 N–H and O–H groups in total. The number of hydrogen-bond donors (Lipinski definition) is 1. The van der Waals surface area contributed by atoms with Gasteiger partial charge in [-0.15, -0.1) is 0 Å². The maximum Gasteiger partial charge on any atom is 0.124 e. The highest BCUT2D eigenvalue weighted by Crippen LogP contribution is 2.24. The number of methoxy groups -OCH3 is 2. The lowest BCUT2D eigenvalue weighted by atomic mass is 10.2. The van der Waals surface area contributed by atoms with Gasteiger partial charge in [-0.05, 0) is 32.0 Å². The summed E-state index contributed by atoms with van der Waals surface area (Å²) in [4.78, 5) is 2.22. The standard InChI is InChI=1S/C18H29NO5/c1-13-8-19(9-14(2)24-13)10-16(20)12-23-11-15-7-17(21-3)5-6-18(15)22-4/h5-7,13-14,16,20H,8-12H2,1-4H3/t13-,14+,16-/m1/s1. The molecule has 1 aliphatic heterocycles. The summed E-state index contributed by atoms with van der Waals surface area (Å²) >= 11 is 0. The molecular formula is C18H29NO5. The zero-order valence-electron chi connectivity index (χ0n) is 15.0. The maximum atomic E-state index is 10.2. The van der Waals surface area contributed by atoms with Crippen LogP contribution >= 0.6 is 0 Å². The Morgan fingerprint density at radius 2 is 1.92 bits per heavy atom. The Morgan fingerprint density at radius 3 is 2.54 bits per heavy atom. The van der Waals surface area contributed by atoms with Gasteiger partial charge in [0, 0.05) is 25.2 Å². The Hall–Kier alpha value is -1.34. The van der Waals surface area contributed by atoms with Crippen molar-refractivity contribution in [2.45, 2.75) is 38.8 Å². The number of nitrogens with zero attached hydrogens (tertiary/aromatic N) is 1. The van der Waals surface area contributed by atoms with Gasteiger partial charge in [0.05, 0.1) is 45.7 Å². The van der Waals surface area contributed by atoms with Crippen LogP contribution in [0.3, 0.4) is 0 Å². The van der Waals surface area contributed by atoms with Crippen LogP contribution in [0.5, 0.6) is 11.5 Å². The fourth-order valence-corrected chi connectivity index (χ4v) is 3.08. The Morgan fingerprint density at radius 1 is 1.21 bits per heavy atom. The average molecular weight is 339 g/mol. The van der Waals surface area contributed by atoms with Crippen molar-refractivity contribution in [3.63, 3.8) is 0 Å². The molecule has 0 saturated carbocycles. The quantitative estimate of drug-likeness (QED) is 0.778. The van der Waals surface area contributed by atoms with Crippen LogP contribution in [0, 0.1) is 0 Å². The summed E-state index contributed by atoms with van der Waals surface area (Å²) in [5.41, 5.74) is 0.901. The zero-order chi connectivity index (χ0) is 17.5. The Labute approximate surface area is 144 Å². The van der Waals surface area contributed by atoms with E-state index in [0.29, 0.717) is 13.2 Å². The first-order valence-electron chi connectivity index (χ1n) is 8.36. The predicted molar refractivity (Wildman–Crippen MR) is 91.7 cm³/mol. The first-order chi connectivity index (χ1) is 11.5. The first kappa shape index (κ1) is 19.0. The van der Waals surface area contributed by atoms with Gasteiger partial charge in [-0.25, -0.2) is 0 Å². The van der Waals surface area contributed by atoms with Crippen LogP contribution in [0.2, 0.25) is 0 Å². The lowest BCUT2D eigenvalue weighted by molar-refractivity contribution is -0.0826. The number of aliphatic hydroxyl groups is 1. The van der Waals surface area contributed by atoms with Crippen molar-refractivity contribution >= 4 is 0 Å². The molecule has 1 aromatic carbocycles. The molecule has 0 aromatic heterocycles. The highest BCUT2D eigenvalue weighted by Gasteiger charge is 2.23. The maximum absolute atomic E-state index is 10.2. The highest BCUT2D eigenvalue weighted by atomic mass is 16.5.